The van der Waals surface area contributed by atoms with E-state index in [1.54, 1.807) is 16.8 Å². The van der Waals surface area contributed by atoms with E-state index in [9.17, 15) is 4.79 Å². The summed E-state index contributed by atoms with van der Waals surface area (Å²) < 4.78 is 12.5. The Labute approximate surface area is 165 Å². The van der Waals surface area contributed by atoms with Crippen molar-refractivity contribution in [2.75, 3.05) is 11.9 Å². The lowest BCUT2D eigenvalue weighted by molar-refractivity contribution is 0.215. The number of amides is 1. The highest BCUT2D eigenvalue weighted by Gasteiger charge is 2.22. The van der Waals surface area contributed by atoms with Crippen molar-refractivity contribution in [3.05, 3.63) is 66.4 Å². The molecular weight excluding hydrogens is 354 g/mol. The van der Waals surface area contributed by atoms with Crippen molar-refractivity contribution in [2.45, 2.75) is 33.1 Å². The molecule has 28 heavy (non-hydrogen) atoms. The second kappa shape index (κ2) is 8.17. The normalized spacial score (nSPS) is 11.1. The fourth-order valence-electron chi connectivity index (χ4n) is 2.61. The maximum atomic E-state index is 12.4. The second-order valence-corrected chi connectivity index (χ2v) is 7.33. The van der Waals surface area contributed by atoms with Gasteiger partial charge in [0.1, 0.15) is 17.3 Å². The van der Waals surface area contributed by atoms with Crippen LogP contribution in [0.3, 0.4) is 0 Å². The number of hydrogen-bond acceptors (Lipinski definition) is 4. The van der Waals surface area contributed by atoms with Gasteiger partial charge in [-0.05, 0) is 43.3 Å². The summed E-state index contributed by atoms with van der Waals surface area (Å²) in [5.74, 6) is 1.80. The summed E-state index contributed by atoms with van der Waals surface area (Å²) >= 11 is 0. The van der Waals surface area contributed by atoms with E-state index in [0.29, 0.717) is 18.2 Å². The van der Waals surface area contributed by atoms with Gasteiger partial charge in [-0.2, -0.15) is 5.10 Å². The molecule has 0 radical (unpaired) electrons. The van der Waals surface area contributed by atoms with Gasteiger partial charge in [0.05, 0.1) is 18.0 Å². The minimum atomic E-state index is -0.571. The quantitative estimate of drug-likeness (QED) is 0.663. The highest BCUT2D eigenvalue weighted by atomic mass is 16.6. The molecular formula is C22H25N3O3. The molecule has 6 heteroatoms. The molecule has 0 atom stereocenters. The first kappa shape index (κ1) is 19.5. The third kappa shape index (κ3) is 4.71. The van der Waals surface area contributed by atoms with Gasteiger partial charge in [0, 0.05) is 11.5 Å². The van der Waals surface area contributed by atoms with Crippen LogP contribution in [0.4, 0.5) is 10.6 Å². The molecule has 0 aliphatic carbocycles. The molecule has 1 heterocycles. The first-order valence-corrected chi connectivity index (χ1v) is 9.24. The monoisotopic (exact) mass is 379 g/mol. The third-order valence-corrected chi connectivity index (χ3v) is 4.05. The highest BCUT2D eigenvalue weighted by molar-refractivity contribution is 5.85. The molecule has 1 aromatic heterocycles. The number of anilines is 1. The average molecular weight is 379 g/mol. The van der Waals surface area contributed by atoms with Gasteiger partial charge in [0.25, 0.3) is 0 Å². The smallest absolute Gasteiger partial charge is 0.418 e. The van der Waals surface area contributed by atoms with Crippen LogP contribution in [-0.4, -0.2) is 22.5 Å². The molecule has 1 amide bonds. The zero-order chi connectivity index (χ0) is 20.1. The van der Waals surface area contributed by atoms with E-state index < -0.39 is 6.09 Å². The zero-order valence-corrected chi connectivity index (χ0v) is 16.6. The Hall–Kier alpha value is -3.28. The van der Waals surface area contributed by atoms with E-state index >= 15 is 0 Å². The number of ether oxygens (including phenoxy) is 2. The fourth-order valence-corrected chi connectivity index (χ4v) is 2.61. The molecule has 146 valence electrons. The van der Waals surface area contributed by atoms with Gasteiger partial charge in [-0.3, -0.25) is 5.32 Å². The van der Waals surface area contributed by atoms with Gasteiger partial charge >= 0.3 is 6.09 Å². The molecule has 1 N–H and O–H groups in total. The van der Waals surface area contributed by atoms with Crippen molar-refractivity contribution < 1.29 is 14.3 Å². The maximum absolute atomic E-state index is 12.4. The summed E-state index contributed by atoms with van der Waals surface area (Å²) in [6.45, 7) is 8.77. The summed E-state index contributed by atoms with van der Waals surface area (Å²) in [5.41, 5.74) is 1.50. The number of carbonyl (C=O) groups excluding carboxylic acids is 1. The largest absolute Gasteiger partial charge is 0.494 e. The van der Waals surface area contributed by atoms with E-state index in [2.05, 4.69) is 26.1 Å². The summed E-state index contributed by atoms with van der Waals surface area (Å²) in [6, 6.07) is 18.4. The van der Waals surface area contributed by atoms with E-state index in [4.69, 9.17) is 14.6 Å². The van der Waals surface area contributed by atoms with Gasteiger partial charge in [0.2, 0.25) is 0 Å². The van der Waals surface area contributed by atoms with Gasteiger partial charge in [-0.1, -0.05) is 39.0 Å². The van der Waals surface area contributed by atoms with E-state index in [1.165, 1.54) is 0 Å². The molecule has 6 nitrogen and oxygen atoms in total. The Morgan fingerprint density at radius 3 is 2.32 bits per heavy atom. The molecule has 0 saturated heterocycles. The molecule has 0 fully saturated rings. The van der Waals surface area contributed by atoms with Crippen LogP contribution < -0.4 is 14.8 Å². The number of nitrogens with zero attached hydrogens (tertiary/aromatic N) is 2. The van der Waals surface area contributed by atoms with Crippen molar-refractivity contribution in [1.82, 2.24) is 9.78 Å². The van der Waals surface area contributed by atoms with Gasteiger partial charge in [0.15, 0.2) is 0 Å². The van der Waals surface area contributed by atoms with Crippen LogP contribution in [0.1, 0.15) is 33.4 Å². The van der Waals surface area contributed by atoms with Crippen molar-refractivity contribution in [1.29, 1.82) is 0 Å². The van der Waals surface area contributed by atoms with Crippen LogP contribution in [0.25, 0.3) is 5.69 Å². The Morgan fingerprint density at radius 2 is 1.71 bits per heavy atom. The van der Waals surface area contributed by atoms with Gasteiger partial charge in [-0.25, -0.2) is 9.48 Å². The van der Waals surface area contributed by atoms with Crippen LogP contribution >= 0.6 is 0 Å². The number of nitrogens with one attached hydrogen (secondary N) is 1. The second-order valence-electron chi connectivity index (χ2n) is 7.33. The van der Waals surface area contributed by atoms with Gasteiger partial charge < -0.3 is 9.47 Å². The van der Waals surface area contributed by atoms with Crippen LogP contribution in [0.5, 0.6) is 11.5 Å². The summed E-state index contributed by atoms with van der Waals surface area (Å²) in [7, 11) is 0. The standard InChI is InChI=1S/C22H25N3O3/c1-5-27-17-13-11-16(12-14-17)25-20(15-19(24-25)22(2,3)4)23-21(26)28-18-9-7-6-8-10-18/h6-15H,5H2,1-4H3,(H,23,26). The molecule has 0 saturated carbocycles. The van der Waals surface area contributed by atoms with E-state index in [0.717, 1.165) is 17.1 Å². The SMILES string of the molecule is CCOc1ccc(-n2nc(C(C)(C)C)cc2NC(=O)Oc2ccccc2)cc1. The maximum Gasteiger partial charge on any atom is 0.418 e. The highest BCUT2D eigenvalue weighted by Crippen LogP contribution is 2.27. The minimum absolute atomic E-state index is 0.170. The Kier molecular flexibility index (Phi) is 5.68. The number of rotatable bonds is 5. The first-order chi connectivity index (χ1) is 13.4. The predicted octanol–water partition coefficient (Wildman–Crippen LogP) is 5.18. The molecule has 0 bridgehead atoms. The fraction of sp³-hybridized carbons (Fsp3) is 0.273. The molecule has 3 rings (SSSR count). The lowest BCUT2D eigenvalue weighted by Crippen LogP contribution is -2.19. The Balaban J connectivity index is 1.88. The number of hydrogen-bond donors (Lipinski definition) is 1. The molecule has 3 aromatic rings. The van der Waals surface area contributed by atoms with E-state index in [-0.39, 0.29) is 5.41 Å². The Morgan fingerprint density at radius 1 is 1.04 bits per heavy atom. The zero-order valence-electron chi connectivity index (χ0n) is 16.6. The molecule has 0 spiro atoms. The molecule has 0 unspecified atom stereocenters. The summed E-state index contributed by atoms with van der Waals surface area (Å²) in [6.07, 6.45) is -0.571. The van der Waals surface area contributed by atoms with Crippen molar-refractivity contribution in [3.63, 3.8) is 0 Å². The topological polar surface area (TPSA) is 65.4 Å². The molecule has 0 aliphatic rings. The Bertz CT molecular complexity index is 926. The number of carbonyl (C=O) groups is 1. The number of benzene rings is 2. The molecule has 0 aliphatic heterocycles. The van der Waals surface area contributed by atoms with Crippen LogP contribution in [-0.2, 0) is 5.41 Å². The number of aromatic nitrogens is 2. The summed E-state index contributed by atoms with van der Waals surface area (Å²) in [5, 5.41) is 7.49. The van der Waals surface area contributed by atoms with Crippen LogP contribution in [0, 0.1) is 0 Å². The van der Waals surface area contributed by atoms with Crippen molar-refractivity contribution >= 4 is 11.9 Å². The van der Waals surface area contributed by atoms with E-state index in [1.807, 2.05) is 55.5 Å². The third-order valence-electron chi connectivity index (χ3n) is 4.05. The minimum Gasteiger partial charge on any atom is -0.494 e. The van der Waals surface area contributed by atoms with Crippen LogP contribution in [0.2, 0.25) is 0 Å². The number of para-hydroxylation sites is 1. The average Bonchev–Trinajstić information content (AvgIpc) is 3.07. The first-order valence-electron chi connectivity index (χ1n) is 9.24. The summed E-state index contributed by atoms with van der Waals surface area (Å²) in [4.78, 5) is 12.4. The lowest BCUT2D eigenvalue weighted by atomic mass is 9.92. The molecule has 2 aromatic carbocycles. The predicted molar refractivity (Wildman–Crippen MR) is 110 cm³/mol. The van der Waals surface area contributed by atoms with Crippen molar-refractivity contribution in [2.24, 2.45) is 0 Å². The van der Waals surface area contributed by atoms with Crippen LogP contribution in [0.15, 0.2) is 60.7 Å². The lowest BCUT2D eigenvalue weighted by Gasteiger charge is -2.14. The van der Waals surface area contributed by atoms with Crippen molar-refractivity contribution in [3.8, 4) is 17.2 Å². The van der Waals surface area contributed by atoms with Gasteiger partial charge in [-0.15, -0.1) is 0 Å².